The van der Waals surface area contributed by atoms with E-state index in [1.54, 1.807) is 37.3 Å². The highest BCUT2D eigenvalue weighted by Crippen LogP contribution is 2.23. The maximum absolute atomic E-state index is 12.2. The Morgan fingerprint density at radius 1 is 0.885 bits per heavy atom. The van der Waals surface area contributed by atoms with Crippen LogP contribution in [-0.4, -0.2) is 23.5 Å². The van der Waals surface area contributed by atoms with Crippen molar-refractivity contribution in [2.75, 3.05) is 11.9 Å². The van der Waals surface area contributed by atoms with Gasteiger partial charge in [-0.25, -0.2) is 0 Å². The van der Waals surface area contributed by atoms with Crippen LogP contribution in [0.5, 0.6) is 0 Å². The van der Waals surface area contributed by atoms with Crippen molar-refractivity contribution in [1.82, 2.24) is 5.32 Å². The molecule has 132 valence electrons. The Hall–Kier alpha value is -3.18. The van der Waals surface area contributed by atoms with Crippen molar-refractivity contribution < 1.29 is 14.7 Å². The monoisotopic (exact) mass is 348 g/mol. The van der Waals surface area contributed by atoms with Gasteiger partial charge in [-0.1, -0.05) is 66.7 Å². The fraction of sp³-hybridized carbons (Fsp3) is 0.143. The van der Waals surface area contributed by atoms with Crippen LogP contribution < -0.4 is 10.6 Å². The molecule has 26 heavy (non-hydrogen) atoms. The lowest BCUT2D eigenvalue weighted by atomic mass is 9.96. The summed E-state index contributed by atoms with van der Waals surface area (Å²) >= 11 is 0. The van der Waals surface area contributed by atoms with E-state index in [2.05, 4.69) is 10.6 Å². The second-order valence-corrected chi connectivity index (χ2v) is 6.30. The number of carbonyl (C=O) groups is 2. The highest BCUT2D eigenvalue weighted by Gasteiger charge is 2.25. The largest absolute Gasteiger partial charge is 0.384 e. The zero-order valence-electron chi connectivity index (χ0n) is 14.4. The number of aliphatic hydroxyl groups is 1. The summed E-state index contributed by atoms with van der Waals surface area (Å²) in [5.41, 5.74) is -0.0377. The lowest BCUT2D eigenvalue weighted by Gasteiger charge is -2.24. The van der Waals surface area contributed by atoms with Crippen LogP contribution in [0.15, 0.2) is 72.8 Å². The van der Waals surface area contributed by atoms with Crippen LogP contribution >= 0.6 is 0 Å². The summed E-state index contributed by atoms with van der Waals surface area (Å²) in [5.74, 6) is -1.57. The second-order valence-electron chi connectivity index (χ2n) is 6.30. The minimum Gasteiger partial charge on any atom is -0.384 e. The summed E-state index contributed by atoms with van der Waals surface area (Å²) in [6.45, 7) is 1.52. The number of carbonyl (C=O) groups excluding carboxylic acids is 2. The third kappa shape index (κ3) is 3.90. The third-order valence-electron chi connectivity index (χ3n) is 4.23. The van der Waals surface area contributed by atoms with Crippen molar-refractivity contribution in [2.24, 2.45) is 0 Å². The predicted molar refractivity (Wildman–Crippen MR) is 102 cm³/mol. The Morgan fingerprint density at radius 3 is 2.31 bits per heavy atom. The Bertz CT molecular complexity index is 931. The first-order valence-electron chi connectivity index (χ1n) is 8.32. The average Bonchev–Trinajstić information content (AvgIpc) is 2.67. The molecule has 0 fully saturated rings. The molecule has 0 aliphatic rings. The lowest BCUT2D eigenvalue weighted by Crippen LogP contribution is -2.43. The first-order chi connectivity index (χ1) is 12.5. The minimum absolute atomic E-state index is 0.0706. The Labute approximate surface area is 151 Å². The number of hydrogen-bond acceptors (Lipinski definition) is 3. The summed E-state index contributed by atoms with van der Waals surface area (Å²) in [5, 5.41) is 17.4. The van der Waals surface area contributed by atoms with E-state index in [9.17, 15) is 14.7 Å². The molecule has 1 atom stereocenters. The van der Waals surface area contributed by atoms with Crippen molar-refractivity contribution in [3.63, 3.8) is 0 Å². The Balaban J connectivity index is 1.66. The number of hydrogen-bond donors (Lipinski definition) is 3. The molecule has 3 aromatic rings. The molecule has 0 bridgehead atoms. The van der Waals surface area contributed by atoms with Gasteiger partial charge in [-0.05, 0) is 23.9 Å². The van der Waals surface area contributed by atoms with E-state index in [-0.39, 0.29) is 6.54 Å². The average molecular weight is 348 g/mol. The van der Waals surface area contributed by atoms with Crippen LogP contribution in [0, 0.1) is 0 Å². The molecule has 0 aliphatic heterocycles. The molecule has 0 saturated heterocycles. The van der Waals surface area contributed by atoms with Crippen molar-refractivity contribution in [3.05, 3.63) is 78.4 Å². The standard InChI is InChI=1S/C21H20N2O3/c1-21(26,16-10-3-2-4-11-16)14-22-19(24)20(25)23-18-13-7-9-15-8-5-6-12-17(15)18/h2-13,26H,14H2,1H3,(H,22,24)(H,23,25). The van der Waals surface area contributed by atoms with Gasteiger partial charge in [0.15, 0.2) is 0 Å². The molecule has 1 unspecified atom stereocenters. The van der Waals surface area contributed by atoms with E-state index in [4.69, 9.17) is 0 Å². The van der Waals surface area contributed by atoms with Crippen LogP contribution in [0.2, 0.25) is 0 Å². The van der Waals surface area contributed by atoms with Gasteiger partial charge in [0.1, 0.15) is 5.60 Å². The van der Waals surface area contributed by atoms with E-state index in [0.29, 0.717) is 11.3 Å². The van der Waals surface area contributed by atoms with E-state index in [1.165, 1.54) is 0 Å². The number of rotatable bonds is 4. The van der Waals surface area contributed by atoms with E-state index < -0.39 is 17.4 Å². The molecule has 0 heterocycles. The molecule has 5 nitrogen and oxygen atoms in total. The Kier molecular flexibility index (Phi) is 5.00. The summed E-state index contributed by atoms with van der Waals surface area (Å²) in [6, 6.07) is 22.1. The van der Waals surface area contributed by atoms with Gasteiger partial charge in [-0.2, -0.15) is 0 Å². The van der Waals surface area contributed by atoms with E-state index in [1.807, 2.05) is 42.5 Å². The van der Waals surface area contributed by atoms with Gasteiger partial charge in [-0.3, -0.25) is 9.59 Å². The Morgan fingerprint density at radius 2 is 1.54 bits per heavy atom. The molecule has 3 rings (SSSR count). The van der Waals surface area contributed by atoms with Crippen molar-refractivity contribution in [3.8, 4) is 0 Å². The van der Waals surface area contributed by atoms with Crippen molar-refractivity contribution in [1.29, 1.82) is 0 Å². The number of nitrogens with one attached hydrogen (secondary N) is 2. The quantitative estimate of drug-likeness (QED) is 0.635. The topological polar surface area (TPSA) is 78.4 Å². The van der Waals surface area contributed by atoms with E-state index in [0.717, 1.165) is 10.8 Å². The second kappa shape index (κ2) is 7.37. The molecule has 0 radical (unpaired) electrons. The van der Waals surface area contributed by atoms with Crippen LogP contribution in [0.4, 0.5) is 5.69 Å². The van der Waals surface area contributed by atoms with Gasteiger partial charge >= 0.3 is 11.8 Å². The first-order valence-corrected chi connectivity index (χ1v) is 8.32. The van der Waals surface area contributed by atoms with Crippen LogP contribution in [0.25, 0.3) is 10.8 Å². The fourth-order valence-electron chi connectivity index (χ4n) is 2.75. The molecule has 2 amide bonds. The highest BCUT2D eigenvalue weighted by atomic mass is 16.3. The molecule has 3 aromatic carbocycles. The maximum Gasteiger partial charge on any atom is 0.313 e. The minimum atomic E-state index is -1.27. The number of benzene rings is 3. The van der Waals surface area contributed by atoms with Crippen LogP contribution in [0.1, 0.15) is 12.5 Å². The summed E-state index contributed by atoms with van der Waals surface area (Å²) < 4.78 is 0. The van der Waals surface area contributed by atoms with Gasteiger partial charge < -0.3 is 15.7 Å². The summed E-state index contributed by atoms with van der Waals surface area (Å²) in [4.78, 5) is 24.3. The summed E-state index contributed by atoms with van der Waals surface area (Å²) in [7, 11) is 0. The molecular weight excluding hydrogens is 328 g/mol. The molecule has 0 spiro atoms. The van der Waals surface area contributed by atoms with Gasteiger partial charge in [0.05, 0.1) is 6.54 Å². The molecule has 0 saturated carbocycles. The number of anilines is 1. The number of amides is 2. The molecular formula is C21H20N2O3. The SMILES string of the molecule is CC(O)(CNC(=O)C(=O)Nc1cccc2ccccc12)c1ccccc1. The van der Waals surface area contributed by atoms with Crippen LogP contribution in [0.3, 0.4) is 0 Å². The normalized spacial score (nSPS) is 13.0. The summed E-state index contributed by atoms with van der Waals surface area (Å²) in [6.07, 6.45) is 0. The molecule has 0 aromatic heterocycles. The van der Waals surface area contributed by atoms with Crippen molar-refractivity contribution >= 4 is 28.3 Å². The van der Waals surface area contributed by atoms with Gasteiger partial charge in [-0.15, -0.1) is 0 Å². The smallest absolute Gasteiger partial charge is 0.313 e. The highest BCUT2D eigenvalue weighted by molar-refractivity contribution is 6.40. The molecule has 3 N–H and O–H groups in total. The third-order valence-corrected chi connectivity index (χ3v) is 4.23. The first kappa shape index (κ1) is 17.6. The molecule has 5 heteroatoms. The van der Waals surface area contributed by atoms with Gasteiger partial charge in [0.2, 0.25) is 0 Å². The number of fused-ring (bicyclic) bond motifs is 1. The fourth-order valence-corrected chi connectivity index (χ4v) is 2.75. The molecule has 0 aliphatic carbocycles. The lowest BCUT2D eigenvalue weighted by molar-refractivity contribution is -0.136. The van der Waals surface area contributed by atoms with Crippen molar-refractivity contribution in [2.45, 2.75) is 12.5 Å². The van der Waals surface area contributed by atoms with Crippen LogP contribution in [-0.2, 0) is 15.2 Å². The zero-order chi connectivity index (χ0) is 18.6. The predicted octanol–water partition coefficient (Wildman–Crippen LogP) is 2.80. The van der Waals surface area contributed by atoms with Gasteiger partial charge in [0, 0.05) is 11.1 Å². The zero-order valence-corrected chi connectivity index (χ0v) is 14.4. The maximum atomic E-state index is 12.2. The van der Waals surface area contributed by atoms with Gasteiger partial charge in [0.25, 0.3) is 0 Å². The van der Waals surface area contributed by atoms with E-state index >= 15 is 0 Å².